The van der Waals surface area contributed by atoms with Gasteiger partial charge in [0.15, 0.2) is 9.84 Å². The molecule has 7 heteroatoms. The molecular formula is C38H58N2O4S. The Morgan fingerprint density at radius 1 is 0.844 bits per heavy atom. The Bertz CT molecular complexity index is 1380. The van der Waals surface area contributed by atoms with E-state index in [4.69, 9.17) is 0 Å². The van der Waals surface area contributed by atoms with Crippen molar-refractivity contribution in [2.75, 3.05) is 37.7 Å². The molecule has 1 aromatic carbocycles. The lowest BCUT2D eigenvalue weighted by atomic mass is 9.35. The summed E-state index contributed by atoms with van der Waals surface area (Å²) in [6.45, 7) is 13.8. The molecule has 6 fully saturated rings. The summed E-state index contributed by atoms with van der Waals surface area (Å²) in [5, 5.41) is 13.6. The third-order valence-electron chi connectivity index (χ3n) is 15.4. The van der Waals surface area contributed by atoms with Crippen LogP contribution in [0.3, 0.4) is 0 Å². The van der Waals surface area contributed by atoms with Crippen LogP contribution in [0.5, 0.6) is 0 Å². The van der Waals surface area contributed by atoms with Crippen molar-refractivity contribution in [1.82, 2.24) is 10.2 Å². The summed E-state index contributed by atoms with van der Waals surface area (Å²) >= 11 is 0. The van der Waals surface area contributed by atoms with Crippen LogP contribution in [-0.4, -0.2) is 67.6 Å². The van der Waals surface area contributed by atoms with Crippen LogP contribution in [0.1, 0.15) is 120 Å². The molecule has 0 radical (unpaired) electrons. The molecule has 0 spiro atoms. The number of carboxylic acids is 1. The average Bonchev–Trinajstić information content (AvgIpc) is 3.42. The molecule has 0 amide bonds. The predicted molar refractivity (Wildman–Crippen MR) is 180 cm³/mol. The average molecular weight is 639 g/mol. The first kappa shape index (κ1) is 32.1. The number of aromatic carboxylic acids is 1. The van der Waals surface area contributed by atoms with Crippen molar-refractivity contribution in [2.45, 2.75) is 110 Å². The molecule has 9 atom stereocenters. The van der Waals surface area contributed by atoms with Crippen LogP contribution >= 0.6 is 0 Å². The molecule has 0 aromatic heterocycles. The number of nitrogens with one attached hydrogen (secondary N) is 1. The fourth-order valence-corrected chi connectivity index (χ4v) is 14.7. The highest BCUT2D eigenvalue weighted by Gasteiger charge is 2.66. The van der Waals surface area contributed by atoms with E-state index in [2.05, 4.69) is 50.0 Å². The largest absolute Gasteiger partial charge is 0.478 e. The van der Waals surface area contributed by atoms with Crippen LogP contribution in [0.4, 0.5) is 0 Å². The number of carbonyl (C=O) groups is 1. The highest BCUT2D eigenvalue weighted by molar-refractivity contribution is 7.91. The van der Waals surface area contributed by atoms with Gasteiger partial charge >= 0.3 is 5.97 Å². The van der Waals surface area contributed by atoms with Crippen LogP contribution in [-0.2, 0) is 9.84 Å². The summed E-state index contributed by atoms with van der Waals surface area (Å²) < 4.78 is 23.8. The molecule has 2 N–H and O–H groups in total. The van der Waals surface area contributed by atoms with Crippen LogP contribution < -0.4 is 5.32 Å². The maximum Gasteiger partial charge on any atom is 0.335 e. The molecule has 1 aliphatic heterocycles. The van der Waals surface area contributed by atoms with Gasteiger partial charge in [0.1, 0.15) is 0 Å². The monoisotopic (exact) mass is 638 g/mol. The first-order chi connectivity index (χ1) is 21.3. The van der Waals surface area contributed by atoms with E-state index in [1.54, 1.807) is 0 Å². The van der Waals surface area contributed by atoms with Crippen molar-refractivity contribution in [3.05, 3.63) is 35.4 Å². The summed E-state index contributed by atoms with van der Waals surface area (Å²) in [5.41, 5.74) is 2.98. The smallest absolute Gasteiger partial charge is 0.335 e. The molecule has 1 heterocycles. The van der Waals surface area contributed by atoms with Crippen molar-refractivity contribution in [1.29, 1.82) is 0 Å². The summed E-state index contributed by atoms with van der Waals surface area (Å²) in [6.07, 6.45) is 14.7. The van der Waals surface area contributed by atoms with Crippen molar-refractivity contribution in [3.63, 3.8) is 0 Å². The minimum atomic E-state index is -2.82. The fourth-order valence-electron chi connectivity index (χ4n) is 13.4. The lowest BCUT2D eigenvalue weighted by Gasteiger charge is -2.69. The zero-order valence-electron chi connectivity index (χ0n) is 28.3. The van der Waals surface area contributed by atoms with Crippen molar-refractivity contribution < 1.29 is 18.3 Å². The third kappa shape index (κ3) is 5.24. The minimum Gasteiger partial charge on any atom is -0.478 e. The Labute approximate surface area is 272 Å². The molecule has 1 saturated heterocycles. The Kier molecular flexibility index (Phi) is 8.09. The zero-order valence-corrected chi connectivity index (χ0v) is 29.1. The van der Waals surface area contributed by atoms with Crippen molar-refractivity contribution >= 4 is 15.8 Å². The zero-order chi connectivity index (χ0) is 31.8. The second-order valence-electron chi connectivity index (χ2n) is 17.5. The van der Waals surface area contributed by atoms with Gasteiger partial charge in [-0.25, -0.2) is 13.2 Å². The van der Waals surface area contributed by atoms with E-state index in [1.165, 1.54) is 76.2 Å². The van der Waals surface area contributed by atoms with Gasteiger partial charge in [0, 0.05) is 31.7 Å². The van der Waals surface area contributed by atoms with E-state index < -0.39 is 15.8 Å². The maximum atomic E-state index is 11.9. The standard InChI is InChI=1S/C38H58N2O4S/c1-35(2)29(26-7-9-27(10-8-26)34(41)42)13-17-37(4)32(35)15-18-36(3)30-14-19-38(16-5-6-31(38)28(30)11-12-33(36)37)39-20-21-40-22-24-45(43,44)25-23-40/h7-10,28-33,39H,5-6,11-25H2,1-4H3,(H,41,42)/t28-,29+,30?,31?,32?,33?,36-,37-,38-/m0/s1. The van der Waals surface area contributed by atoms with Gasteiger partial charge in [0.05, 0.1) is 17.1 Å². The van der Waals surface area contributed by atoms with Crippen LogP contribution in [0.2, 0.25) is 0 Å². The van der Waals surface area contributed by atoms with E-state index in [0.717, 1.165) is 36.8 Å². The van der Waals surface area contributed by atoms with E-state index in [-0.39, 0.29) is 5.41 Å². The lowest BCUT2D eigenvalue weighted by Crippen LogP contribution is -2.64. The number of benzene rings is 1. The van der Waals surface area contributed by atoms with Gasteiger partial charge in [0.25, 0.3) is 0 Å². The number of rotatable bonds is 6. The highest BCUT2D eigenvalue weighted by atomic mass is 32.2. The van der Waals surface area contributed by atoms with Gasteiger partial charge in [0.2, 0.25) is 0 Å². The number of hydrogen-bond acceptors (Lipinski definition) is 5. The van der Waals surface area contributed by atoms with Gasteiger partial charge in [-0.2, -0.15) is 0 Å². The van der Waals surface area contributed by atoms with E-state index >= 15 is 0 Å². The topological polar surface area (TPSA) is 86.7 Å². The van der Waals surface area contributed by atoms with Crippen LogP contribution in [0.25, 0.3) is 0 Å². The molecule has 4 unspecified atom stereocenters. The predicted octanol–water partition coefficient (Wildman–Crippen LogP) is 7.01. The van der Waals surface area contributed by atoms with Gasteiger partial charge in [-0.05, 0) is 134 Å². The summed E-state index contributed by atoms with van der Waals surface area (Å²) in [7, 11) is -2.82. The second-order valence-corrected chi connectivity index (χ2v) is 19.8. The van der Waals surface area contributed by atoms with Gasteiger partial charge in [-0.3, -0.25) is 0 Å². The van der Waals surface area contributed by atoms with Gasteiger partial charge in [-0.1, -0.05) is 46.2 Å². The van der Waals surface area contributed by atoms with Crippen LogP contribution in [0.15, 0.2) is 24.3 Å². The summed E-state index contributed by atoms with van der Waals surface area (Å²) in [5.74, 6) is 4.23. The first-order valence-corrected chi connectivity index (χ1v) is 20.1. The molecule has 6 aliphatic rings. The molecule has 45 heavy (non-hydrogen) atoms. The fraction of sp³-hybridized carbons (Fsp3) is 0.816. The highest BCUT2D eigenvalue weighted by Crippen LogP contribution is 2.73. The van der Waals surface area contributed by atoms with Crippen LogP contribution in [0, 0.1) is 45.8 Å². The molecule has 1 aromatic rings. The molecule has 5 saturated carbocycles. The van der Waals surface area contributed by atoms with Gasteiger partial charge in [-0.15, -0.1) is 0 Å². The second kappa shape index (κ2) is 11.3. The molecule has 7 rings (SSSR count). The van der Waals surface area contributed by atoms with E-state index in [9.17, 15) is 18.3 Å². The minimum absolute atomic E-state index is 0.186. The molecule has 0 bridgehead atoms. The number of fused-ring (bicyclic) bond motifs is 7. The Morgan fingerprint density at radius 2 is 1.56 bits per heavy atom. The number of hydrogen-bond donors (Lipinski definition) is 2. The summed E-state index contributed by atoms with van der Waals surface area (Å²) in [6, 6.07) is 7.80. The van der Waals surface area contributed by atoms with Crippen molar-refractivity contribution in [3.8, 4) is 0 Å². The Hall–Kier alpha value is -1.44. The number of carboxylic acid groups (broad SMARTS) is 1. The Morgan fingerprint density at radius 3 is 2.27 bits per heavy atom. The third-order valence-corrected chi connectivity index (χ3v) is 17.1. The van der Waals surface area contributed by atoms with Crippen molar-refractivity contribution in [2.24, 2.45) is 45.8 Å². The summed E-state index contributed by atoms with van der Waals surface area (Å²) in [4.78, 5) is 13.8. The van der Waals surface area contributed by atoms with E-state index in [0.29, 0.717) is 58.4 Å². The molecule has 5 aliphatic carbocycles. The first-order valence-electron chi connectivity index (χ1n) is 18.3. The Balaban J connectivity index is 1.05. The SMILES string of the molecule is CC1(C)C2CC[C@@]3(C)C4CC[C@@]5(NCCN6CCS(=O)(=O)CC6)CCCC5[C@H]4CCC3[C@@]2(C)CC[C@@H]1c1ccc(C(=O)O)cc1. The normalized spacial score (nSPS) is 43.8. The number of sulfone groups is 1. The quantitative estimate of drug-likeness (QED) is 0.349. The molecule has 250 valence electrons. The maximum absolute atomic E-state index is 11.9. The van der Waals surface area contributed by atoms with E-state index in [1.807, 2.05) is 12.1 Å². The molecule has 6 nitrogen and oxygen atoms in total. The molecular weight excluding hydrogens is 580 g/mol. The number of nitrogens with zero attached hydrogens (tertiary/aromatic N) is 1. The van der Waals surface area contributed by atoms with Gasteiger partial charge < -0.3 is 15.3 Å². The lowest BCUT2D eigenvalue weighted by molar-refractivity contribution is -0.195.